The lowest BCUT2D eigenvalue weighted by Crippen LogP contribution is -2.30. The molecule has 0 bridgehead atoms. The Morgan fingerprint density at radius 2 is 1.77 bits per heavy atom. The van der Waals surface area contributed by atoms with Crippen LogP contribution in [0.4, 0.5) is 0 Å². The highest BCUT2D eigenvalue weighted by Crippen LogP contribution is 2.16. The molecule has 4 aromatic rings. The van der Waals surface area contributed by atoms with Gasteiger partial charge in [0.2, 0.25) is 5.91 Å². The van der Waals surface area contributed by atoms with Crippen molar-refractivity contribution >= 4 is 16.9 Å². The minimum Gasteiger partial charge on any atom is -0.348 e. The van der Waals surface area contributed by atoms with E-state index < -0.39 is 0 Å². The molecule has 0 aliphatic rings. The quantitative estimate of drug-likeness (QED) is 0.604. The summed E-state index contributed by atoms with van der Waals surface area (Å²) < 4.78 is 3.66. The van der Waals surface area contributed by atoms with Gasteiger partial charge in [0.05, 0.1) is 11.6 Å². The lowest BCUT2D eigenvalue weighted by molar-refractivity contribution is -0.122. The third-order valence-electron chi connectivity index (χ3n) is 4.39. The van der Waals surface area contributed by atoms with Gasteiger partial charge in [-0.15, -0.1) is 5.10 Å². The first-order valence-corrected chi connectivity index (χ1v) is 8.51. The molecule has 1 atom stereocenters. The molecule has 4 rings (SSSR count). The van der Waals surface area contributed by atoms with E-state index in [9.17, 15) is 4.79 Å². The second kappa shape index (κ2) is 6.84. The Balaban J connectivity index is 1.42. The molecule has 0 saturated heterocycles. The number of nitrogens with zero attached hydrogens (tertiary/aromatic N) is 4. The fourth-order valence-corrected chi connectivity index (χ4v) is 2.98. The molecule has 0 saturated carbocycles. The molecule has 130 valence electrons. The zero-order chi connectivity index (χ0) is 17.9. The number of rotatable bonds is 5. The average molecular weight is 345 g/mol. The Bertz CT molecular complexity index is 1020. The monoisotopic (exact) mass is 345 g/mol. The zero-order valence-electron chi connectivity index (χ0n) is 14.4. The van der Waals surface area contributed by atoms with E-state index in [0.717, 1.165) is 22.3 Å². The number of carbonyl (C=O) groups excluding carboxylic acids is 1. The van der Waals surface area contributed by atoms with Crippen LogP contribution in [0.1, 0.15) is 18.5 Å². The summed E-state index contributed by atoms with van der Waals surface area (Å²) in [5.41, 5.74) is 3.78. The van der Waals surface area contributed by atoms with E-state index in [1.54, 1.807) is 4.68 Å². The van der Waals surface area contributed by atoms with Gasteiger partial charge in [0.15, 0.2) is 0 Å². The van der Waals surface area contributed by atoms with Gasteiger partial charge in [-0.25, -0.2) is 4.68 Å². The Labute approximate surface area is 151 Å². The summed E-state index contributed by atoms with van der Waals surface area (Å²) in [6.07, 6.45) is 4.01. The van der Waals surface area contributed by atoms with Crippen molar-refractivity contribution in [2.75, 3.05) is 0 Å². The number of carbonyl (C=O) groups is 1. The summed E-state index contributed by atoms with van der Waals surface area (Å²) in [4.78, 5) is 12.4. The Morgan fingerprint density at radius 3 is 2.54 bits per heavy atom. The first-order valence-electron chi connectivity index (χ1n) is 8.51. The Hall–Kier alpha value is -3.41. The fraction of sp³-hybridized carbons (Fsp3) is 0.150. The van der Waals surface area contributed by atoms with E-state index >= 15 is 0 Å². The minimum absolute atomic E-state index is 0.0870. The van der Waals surface area contributed by atoms with Gasteiger partial charge in [-0.3, -0.25) is 4.79 Å². The van der Waals surface area contributed by atoms with E-state index in [4.69, 9.17) is 0 Å². The number of nitrogens with one attached hydrogen (secondary N) is 1. The molecule has 6 nitrogen and oxygen atoms in total. The summed E-state index contributed by atoms with van der Waals surface area (Å²) in [7, 11) is 0. The minimum atomic E-state index is -0.0948. The number of benzene rings is 2. The Kier molecular flexibility index (Phi) is 4.23. The molecule has 0 radical (unpaired) electrons. The van der Waals surface area contributed by atoms with Crippen LogP contribution in [0.15, 0.2) is 73.1 Å². The van der Waals surface area contributed by atoms with Crippen molar-refractivity contribution in [3.8, 4) is 5.69 Å². The molecule has 2 heterocycles. The topological polar surface area (TPSA) is 64.7 Å². The normalized spacial score (nSPS) is 12.2. The number of fused-ring (bicyclic) bond motifs is 1. The van der Waals surface area contributed by atoms with E-state index in [1.807, 2.05) is 84.5 Å². The third kappa shape index (κ3) is 3.21. The van der Waals surface area contributed by atoms with Crippen LogP contribution in [0.5, 0.6) is 0 Å². The summed E-state index contributed by atoms with van der Waals surface area (Å²) >= 11 is 0. The van der Waals surface area contributed by atoms with Crippen molar-refractivity contribution in [3.05, 3.63) is 78.6 Å². The molecule has 1 unspecified atom stereocenters. The van der Waals surface area contributed by atoms with Crippen molar-refractivity contribution < 1.29 is 4.79 Å². The molecule has 6 heteroatoms. The molecule has 0 spiro atoms. The van der Waals surface area contributed by atoms with Gasteiger partial charge in [0, 0.05) is 18.1 Å². The van der Waals surface area contributed by atoms with Crippen LogP contribution in [0.3, 0.4) is 0 Å². The van der Waals surface area contributed by atoms with Crippen LogP contribution < -0.4 is 5.32 Å². The predicted octanol–water partition coefficient (Wildman–Crippen LogP) is 3.10. The average Bonchev–Trinajstić information content (AvgIpc) is 3.32. The maximum atomic E-state index is 12.4. The fourth-order valence-electron chi connectivity index (χ4n) is 2.98. The first-order chi connectivity index (χ1) is 12.7. The van der Waals surface area contributed by atoms with Crippen molar-refractivity contribution in [1.82, 2.24) is 24.9 Å². The van der Waals surface area contributed by atoms with Crippen molar-refractivity contribution in [2.45, 2.75) is 19.5 Å². The van der Waals surface area contributed by atoms with Crippen LogP contribution in [-0.2, 0) is 11.3 Å². The summed E-state index contributed by atoms with van der Waals surface area (Å²) in [6, 6.07) is 19.7. The second-order valence-corrected chi connectivity index (χ2v) is 6.21. The van der Waals surface area contributed by atoms with E-state index in [0.29, 0.717) is 0 Å². The number of amides is 1. The molecule has 0 aliphatic heterocycles. The molecule has 26 heavy (non-hydrogen) atoms. The van der Waals surface area contributed by atoms with Gasteiger partial charge >= 0.3 is 0 Å². The molecule has 1 N–H and O–H groups in total. The van der Waals surface area contributed by atoms with Crippen LogP contribution in [-0.4, -0.2) is 25.5 Å². The largest absolute Gasteiger partial charge is 0.348 e. The van der Waals surface area contributed by atoms with E-state index in [-0.39, 0.29) is 18.5 Å². The van der Waals surface area contributed by atoms with E-state index in [1.165, 1.54) is 0 Å². The van der Waals surface area contributed by atoms with Gasteiger partial charge in [0.1, 0.15) is 12.1 Å². The van der Waals surface area contributed by atoms with Crippen molar-refractivity contribution in [3.63, 3.8) is 0 Å². The molecule has 0 aliphatic carbocycles. The van der Waals surface area contributed by atoms with Gasteiger partial charge in [-0.2, -0.15) is 0 Å². The zero-order valence-corrected chi connectivity index (χ0v) is 14.4. The van der Waals surface area contributed by atoms with Crippen LogP contribution in [0.25, 0.3) is 16.7 Å². The molecule has 2 aromatic heterocycles. The Morgan fingerprint density at radius 1 is 1.04 bits per heavy atom. The maximum Gasteiger partial charge on any atom is 0.242 e. The van der Waals surface area contributed by atoms with Crippen molar-refractivity contribution in [2.24, 2.45) is 0 Å². The van der Waals surface area contributed by atoms with Crippen LogP contribution >= 0.6 is 0 Å². The smallest absolute Gasteiger partial charge is 0.242 e. The second-order valence-electron chi connectivity index (χ2n) is 6.21. The first kappa shape index (κ1) is 16.1. The highest BCUT2D eigenvalue weighted by molar-refractivity contribution is 5.80. The molecule has 2 aromatic carbocycles. The standard InChI is InChI=1S/C20H19N5O/c1-15(16-8-10-17(11-9-16)24-12-4-5-13-24)21-20(26)14-25-19-7-3-2-6-18(19)22-23-25/h2-13,15H,14H2,1H3,(H,21,26). The number of aromatic nitrogens is 4. The summed E-state index contributed by atoms with van der Waals surface area (Å²) in [6.45, 7) is 2.12. The van der Waals surface area contributed by atoms with Gasteiger partial charge in [-0.05, 0) is 48.9 Å². The van der Waals surface area contributed by atoms with Crippen LogP contribution in [0.2, 0.25) is 0 Å². The van der Waals surface area contributed by atoms with Gasteiger partial charge in [0.25, 0.3) is 0 Å². The number of hydrogen-bond donors (Lipinski definition) is 1. The van der Waals surface area contributed by atoms with E-state index in [2.05, 4.69) is 15.6 Å². The molecule has 0 fully saturated rings. The van der Waals surface area contributed by atoms with Crippen molar-refractivity contribution in [1.29, 1.82) is 0 Å². The SMILES string of the molecule is CC(NC(=O)Cn1nnc2ccccc21)c1ccc(-n2cccc2)cc1. The van der Waals surface area contributed by atoms with Gasteiger partial charge < -0.3 is 9.88 Å². The number of hydrogen-bond acceptors (Lipinski definition) is 3. The lowest BCUT2D eigenvalue weighted by Gasteiger charge is -2.15. The highest BCUT2D eigenvalue weighted by Gasteiger charge is 2.12. The number of para-hydroxylation sites is 1. The highest BCUT2D eigenvalue weighted by atomic mass is 16.2. The van der Waals surface area contributed by atoms with Gasteiger partial charge in [-0.1, -0.05) is 29.5 Å². The maximum absolute atomic E-state index is 12.4. The summed E-state index contributed by atoms with van der Waals surface area (Å²) in [5.74, 6) is -0.0948. The molecular weight excluding hydrogens is 326 g/mol. The van der Waals surface area contributed by atoms with Crippen LogP contribution in [0, 0.1) is 0 Å². The molecular formula is C20H19N5O. The summed E-state index contributed by atoms with van der Waals surface area (Å²) in [5, 5.41) is 11.2. The predicted molar refractivity (Wildman–Crippen MR) is 99.9 cm³/mol. The molecule has 1 amide bonds. The third-order valence-corrected chi connectivity index (χ3v) is 4.39. The lowest BCUT2D eigenvalue weighted by atomic mass is 10.1.